The fraction of sp³-hybridized carbons (Fsp3) is 0.235. The first kappa shape index (κ1) is 14.0. The van der Waals surface area contributed by atoms with Crippen LogP contribution >= 0.6 is 11.3 Å². The van der Waals surface area contributed by atoms with Gasteiger partial charge in [0.05, 0.1) is 24.1 Å². The van der Waals surface area contributed by atoms with Crippen LogP contribution in [0, 0.1) is 0 Å². The summed E-state index contributed by atoms with van der Waals surface area (Å²) in [6.07, 6.45) is 4.59. The van der Waals surface area contributed by atoms with Gasteiger partial charge in [-0.1, -0.05) is 30.3 Å². The molecule has 3 rings (SSSR count). The van der Waals surface area contributed by atoms with E-state index in [1.807, 2.05) is 30.7 Å². The van der Waals surface area contributed by atoms with Crippen LogP contribution < -0.4 is 5.73 Å². The summed E-state index contributed by atoms with van der Waals surface area (Å²) in [4.78, 5) is 4.30. The van der Waals surface area contributed by atoms with Gasteiger partial charge in [-0.15, -0.1) is 0 Å². The van der Waals surface area contributed by atoms with E-state index in [9.17, 15) is 0 Å². The van der Waals surface area contributed by atoms with Crippen LogP contribution in [0.15, 0.2) is 59.7 Å². The van der Waals surface area contributed by atoms with Gasteiger partial charge < -0.3 is 10.3 Å². The Bertz CT molecular complexity index is 673. The van der Waals surface area contributed by atoms with Crippen LogP contribution in [0.5, 0.6) is 0 Å². The van der Waals surface area contributed by atoms with Gasteiger partial charge in [-0.05, 0) is 41.3 Å². The molecule has 0 aliphatic heterocycles. The van der Waals surface area contributed by atoms with Gasteiger partial charge >= 0.3 is 0 Å². The summed E-state index contributed by atoms with van der Waals surface area (Å²) in [6, 6.07) is 12.7. The molecule has 0 fully saturated rings. The normalized spacial score (nSPS) is 14.0. The Kier molecular flexibility index (Phi) is 4.18. The summed E-state index contributed by atoms with van der Waals surface area (Å²) in [5, 5.41) is 4.28. The van der Waals surface area contributed by atoms with Crippen LogP contribution in [-0.4, -0.2) is 9.55 Å². The minimum absolute atomic E-state index is 0.0454. The molecule has 2 atom stereocenters. The zero-order valence-corrected chi connectivity index (χ0v) is 12.8. The number of hydrogen-bond donors (Lipinski definition) is 1. The van der Waals surface area contributed by atoms with Crippen molar-refractivity contribution in [1.82, 2.24) is 9.55 Å². The van der Waals surface area contributed by atoms with Gasteiger partial charge in [0.25, 0.3) is 0 Å². The Morgan fingerprint density at radius 2 is 2.05 bits per heavy atom. The summed E-state index contributed by atoms with van der Waals surface area (Å²) in [7, 11) is 0. The molecule has 4 heteroatoms. The first-order chi connectivity index (χ1) is 10.3. The second-order valence-electron chi connectivity index (χ2n) is 5.25. The summed E-state index contributed by atoms with van der Waals surface area (Å²) in [5.41, 5.74) is 10.0. The lowest BCUT2D eigenvalue weighted by molar-refractivity contribution is 0.565. The SMILES string of the molecule is CC(c1ccsc1)n1cncc1[C@H](N)Cc1ccccc1. The number of imidazole rings is 1. The molecule has 0 saturated carbocycles. The van der Waals surface area contributed by atoms with E-state index in [0.29, 0.717) is 0 Å². The van der Waals surface area contributed by atoms with E-state index >= 15 is 0 Å². The first-order valence-corrected chi connectivity index (χ1v) is 8.03. The van der Waals surface area contributed by atoms with Crippen LogP contribution in [0.3, 0.4) is 0 Å². The van der Waals surface area contributed by atoms with Crippen LogP contribution in [0.25, 0.3) is 0 Å². The molecular formula is C17H19N3S. The predicted octanol–water partition coefficient (Wildman–Crippen LogP) is 3.80. The molecule has 2 aromatic heterocycles. The molecule has 2 N–H and O–H groups in total. The number of nitrogens with two attached hydrogens (primary N) is 1. The maximum absolute atomic E-state index is 6.41. The minimum atomic E-state index is -0.0454. The number of thiophene rings is 1. The van der Waals surface area contributed by atoms with Gasteiger partial charge in [0.2, 0.25) is 0 Å². The molecule has 1 unspecified atom stereocenters. The smallest absolute Gasteiger partial charge is 0.0954 e. The molecule has 21 heavy (non-hydrogen) atoms. The van der Waals surface area contributed by atoms with E-state index in [1.54, 1.807) is 11.3 Å². The Morgan fingerprint density at radius 3 is 2.76 bits per heavy atom. The van der Waals surface area contributed by atoms with E-state index in [1.165, 1.54) is 11.1 Å². The third-order valence-corrected chi connectivity index (χ3v) is 4.52. The number of hydrogen-bond acceptors (Lipinski definition) is 3. The Hall–Kier alpha value is -1.91. The largest absolute Gasteiger partial charge is 0.326 e. The van der Waals surface area contributed by atoms with Crippen LogP contribution in [0.1, 0.15) is 35.8 Å². The molecule has 108 valence electrons. The van der Waals surface area contributed by atoms with E-state index in [4.69, 9.17) is 5.73 Å². The third-order valence-electron chi connectivity index (χ3n) is 3.82. The second kappa shape index (κ2) is 6.24. The average molecular weight is 297 g/mol. The molecule has 0 saturated heterocycles. The van der Waals surface area contributed by atoms with Gasteiger partial charge in [-0.2, -0.15) is 11.3 Å². The lowest BCUT2D eigenvalue weighted by atomic mass is 10.0. The summed E-state index contributed by atoms with van der Waals surface area (Å²) < 4.78 is 2.18. The molecule has 3 aromatic rings. The molecule has 0 aliphatic carbocycles. The van der Waals surface area contributed by atoms with Crippen molar-refractivity contribution in [3.63, 3.8) is 0 Å². The van der Waals surface area contributed by atoms with Gasteiger partial charge in [-0.25, -0.2) is 4.98 Å². The fourth-order valence-corrected chi connectivity index (χ4v) is 3.32. The van der Waals surface area contributed by atoms with Crippen molar-refractivity contribution in [3.8, 4) is 0 Å². The summed E-state index contributed by atoms with van der Waals surface area (Å²) in [5.74, 6) is 0. The Morgan fingerprint density at radius 1 is 1.24 bits per heavy atom. The van der Waals surface area contributed by atoms with Crippen LogP contribution in [-0.2, 0) is 6.42 Å². The quantitative estimate of drug-likeness (QED) is 0.778. The lowest BCUT2D eigenvalue weighted by Crippen LogP contribution is -2.19. The van der Waals surface area contributed by atoms with E-state index in [0.717, 1.165) is 12.1 Å². The van der Waals surface area contributed by atoms with Crippen molar-refractivity contribution in [1.29, 1.82) is 0 Å². The number of nitrogens with zero attached hydrogens (tertiary/aromatic N) is 2. The molecular weight excluding hydrogens is 278 g/mol. The fourth-order valence-electron chi connectivity index (χ4n) is 2.57. The van der Waals surface area contributed by atoms with Crippen molar-refractivity contribution in [3.05, 3.63) is 76.5 Å². The lowest BCUT2D eigenvalue weighted by Gasteiger charge is -2.19. The summed E-state index contributed by atoms with van der Waals surface area (Å²) in [6.45, 7) is 2.18. The highest BCUT2D eigenvalue weighted by molar-refractivity contribution is 7.07. The highest BCUT2D eigenvalue weighted by Gasteiger charge is 2.17. The summed E-state index contributed by atoms with van der Waals surface area (Å²) >= 11 is 1.72. The zero-order valence-electron chi connectivity index (χ0n) is 12.0. The molecule has 3 nitrogen and oxygen atoms in total. The maximum Gasteiger partial charge on any atom is 0.0954 e. The molecule has 0 spiro atoms. The van der Waals surface area contributed by atoms with Gasteiger partial charge in [-0.3, -0.25) is 0 Å². The van der Waals surface area contributed by atoms with E-state index < -0.39 is 0 Å². The van der Waals surface area contributed by atoms with Gasteiger partial charge in [0.1, 0.15) is 0 Å². The van der Waals surface area contributed by atoms with Crippen LogP contribution in [0.2, 0.25) is 0 Å². The average Bonchev–Trinajstić information content (AvgIpc) is 3.19. The monoisotopic (exact) mass is 297 g/mol. The maximum atomic E-state index is 6.41. The standard InChI is InChI=1S/C17H19N3S/c1-13(15-7-8-21-11-15)20-12-19-10-17(20)16(18)9-14-5-3-2-4-6-14/h2-8,10-13,16H,9,18H2,1H3/t13?,16-/m1/s1. The molecule has 0 aliphatic rings. The van der Waals surface area contributed by atoms with Crippen molar-refractivity contribution < 1.29 is 0 Å². The first-order valence-electron chi connectivity index (χ1n) is 7.09. The van der Waals surface area contributed by atoms with Crippen molar-refractivity contribution in [2.45, 2.75) is 25.4 Å². The molecule has 0 bridgehead atoms. The number of rotatable bonds is 5. The highest BCUT2D eigenvalue weighted by atomic mass is 32.1. The van der Waals surface area contributed by atoms with Gasteiger partial charge in [0, 0.05) is 6.20 Å². The van der Waals surface area contributed by atoms with Crippen molar-refractivity contribution >= 4 is 11.3 Å². The molecule has 1 aromatic carbocycles. The van der Waals surface area contributed by atoms with Crippen molar-refractivity contribution in [2.75, 3.05) is 0 Å². The third kappa shape index (κ3) is 3.06. The van der Waals surface area contributed by atoms with E-state index in [2.05, 4.69) is 45.4 Å². The number of benzene rings is 1. The minimum Gasteiger partial charge on any atom is -0.326 e. The Balaban J connectivity index is 1.82. The van der Waals surface area contributed by atoms with Gasteiger partial charge in [0.15, 0.2) is 0 Å². The second-order valence-corrected chi connectivity index (χ2v) is 6.03. The molecule has 0 amide bonds. The molecule has 0 radical (unpaired) electrons. The highest BCUT2D eigenvalue weighted by Crippen LogP contribution is 2.25. The topological polar surface area (TPSA) is 43.8 Å². The predicted molar refractivity (Wildman–Crippen MR) is 87.4 cm³/mol. The molecule has 2 heterocycles. The number of aromatic nitrogens is 2. The van der Waals surface area contributed by atoms with Crippen molar-refractivity contribution in [2.24, 2.45) is 5.73 Å². The Labute approximate surface area is 129 Å². The van der Waals surface area contributed by atoms with Crippen LogP contribution in [0.4, 0.5) is 0 Å². The zero-order chi connectivity index (χ0) is 14.7. The van der Waals surface area contributed by atoms with E-state index in [-0.39, 0.29) is 12.1 Å².